The van der Waals surface area contributed by atoms with Gasteiger partial charge in [-0.25, -0.2) is 0 Å². The van der Waals surface area contributed by atoms with Gasteiger partial charge in [0, 0.05) is 30.2 Å². The number of aromatic nitrogens is 1. The van der Waals surface area contributed by atoms with Gasteiger partial charge in [-0.1, -0.05) is 60.7 Å². The first kappa shape index (κ1) is 18.1. The molecule has 140 valence electrons. The van der Waals surface area contributed by atoms with Crippen molar-refractivity contribution in [1.82, 2.24) is 9.88 Å². The SMILES string of the molecule is Cc1cc2cc(CNC(=O)Cc3ccc(-c4ccccc4)cc3)ccc2n1C. The lowest BCUT2D eigenvalue weighted by molar-refractivity contribution is -0.120. The first-order valence-corrected chi connectivity index (χ1v) is 9.56. The summed E-state index contributed by atoms with van der Waals surface area (Å²) in [5, 5.41) is 4.25. The molecule has 1 heterocycles. The lowest BCUT2D eigenvalue weighted by Gasteiger charge is -2.07. The zero-order valence-electron chi connectivity index (χ0n) is 16.3. The second kappa shape index (κ2) is 7.73. The van der Waals surface area contributed by atoms with Crippen molar-refractivity contribution < 1.29 is 4.79 Å². The molecule has 0 saturated heterocycles. The Balaban J connectivity index is 1.37. The molecular formula is C25H24N2O. The summed E-state index contributed by atoms with van der Waals surface area (Å²) in [4.78, 5) is 12.3. The molecule has 0 aliphatic rings. The number of nitrogens with zero attached hydrogens (tertiary/aromatic N) is 1. The summed E-state index contributed by atoms with van der Waals surface area (Å²) in [6, 6.07) is 27.0. The molecule has 0 saturated carbocycles. The smallest absolute Gasteiger partial charge is 0.224 e. The number of aryl methyl sites for hydroxylation is 2. The molecule has 0 aliphatic heterocycles. The van der Waals surface area contributed by atoms with Gasteiger partial charge in [-0.05, 0) is 47.4 Å². The minimum atomic E-state index is 0.0387. The van der Waals surface area contributed by atoms with E-state index in [-0.39, 0.29) is 5.91 Å². The molecule has 4 rings (SSSR count). The van der Waals surface area contributed by atoms with Crippen LogP contribution in [0.3, 0.4) is 0 Å². The number of amides is 1. The molecule has 0 bridgehead atoms. The Morgan fingerprint density at radius 2 is 1.54 bits per heavy atom. The van der Waals surface area contributed by atoms with Crippen molar-refractivity contribution in [3.05, 3.63) is 95.7 Å². The second-order valence-electron chi connectivity index (χ2n) is 7.25. The van der Waals surface area contributed by atoms with E-state index >= 15 is 0 Å². The molecule has 0 radical (unpaired) electrons. The first-order chi connectivity index (χ1) is 13.6. The molecule has 4 aromatic rings. The molecule has 0 fully saturated rings. The fourth-order valence-electron chi connectivity index (χ4n) is 3.54. The zero-order chi connectivity index (χ0) is 19.5. The van der Waals surface area contributed by atoms with Crippen LogP contribution in [-0.4, -0.2) is 10.5 Å². The van der Waals surface area contributed by atoms with Gasteiger partial charge in [0.2, 0.25) is 5.91 Å². The summed E-state index contributed by atoms with van der Waals surface area (Å²) >= 11 is 0. The third-order valence-corrected chi connectivity index (χ3v) is 5.26. The Labute approximate surface area is 165 Å². The highest BCUT2D eigenvalue weighted by molar-refractivity contribution is 5.82. The van der Waals surface area contributed by atoms with Gasteiger partial charge in [-0.2, -0.15) is 0 Å². The van der Waals surface area contributed by atoms with E-state index in [0.29, 0.717) is 13.0 Å². The van der Waals surface area contributed by atoms with Gasteiger partial charge in [-0.15, -0.1) is 0 Å². The molecule has 3 heteroatoms. The number of rotatable bonds is 5. The molecule has 1 amide bonds. The van der Waals surface area contributed by atoms with Crippen LogP contribution in [0.4, 0.5) is 0 Å². The molecule has 3 nitrogen and oxygen atoms in total. The maximum Gasteiger partial charge on any atom is 0.224 e. The maximum atomic E-state index is 12.3. The lowest BCUT2D eigenvalue weighted by Crippen LogP contribution is -2.24. The van der Waals surface area contributed by atoms with Crippen LogP contribution < -0.4 is 5.32 Å². The van der Waals surface area contributed by atoms with E-state index < -0.39 is 0 Å². The van der Waals surface area contributed by atoms with Crippen LogP contribution in [0.15, 0.2) is 78.9 Å². The van der Waals surface area contributed by atoms with Crippen molar-refractivity contribution in [3.63, 3.8) is 0 Å². The Kier molecular flexibility index (Phi) is 4.98. The van der Waals surface area contributed by atoms with Gasteiger partial charge in [0.25, 0.3) is 0 Å². The van der Waals surface area contributed by atoms with Crippen LogP contribution in [0, 0.1) is 6.92 Å². The van der Waals surface area contributed by atoms with E-state index in [9.17, 15) is 4.79 Å². The van der Waals surface area contributed by atoms with Gasteiger partial charge in [0.05, 0.1) is 6.42 Å². The third kappa shape index (κ3) is 3.84. The molecular weight excluding hydrogens is 344 g/mol. The van der Waals surface area contributed by atoms with Crippen LogP contribution in [0.5, 0.6) is 0 Å². The Morgan fingerprint density at radius 3 is 2.29 bits per heavy atom. The molecule has 1 N–H and O–H groups in total. The predicted octanol–water partition coefficient (Wildman–Crippen LogP) is 5.01. The van der Waals surface area contributed by atoms with Crippen molar-refractivity contribution in [2.45, 2.75) is 19.9 Å². The molecule has 3 aromatic carbocycles. The fraction of sp³-hybridized carbons (Fsp3) is 0.160. The van der Waals surface area contributed by atoms with Gasteiger partial charge >= 0.3 is 0 Å². The fourth-order valence-corrected chi connectivity index (χ4v) is 3.54. The molecule has 0 atom stereocenters. The van der Waals surface area contributed by atoms with E-state index in [4.69, 9.17) is 0 Å². The normalized spacial score (nSPS) is 10.9. The number of hydrogen-bond acceptors (Lipinski definition) is 1. The van der Waals surface area contributed by atoms with Crippen LogP contribution in [0.2, 0.25) is 0 Å². The second-order valence-corrected chi connectivity index (χ2v) is 7.25. The average Bonchev–Trinajstić information content (AvgIpc) is 3.01. The first-order valence-electron chi connectivity index (χ1n) is 9.56. The largest absolute Gasteiger partial charge is 0.352 e. The van der Waals surface area contributed by atoms with E-state index in [2.05, 4.69) is 72.4 Å². The van der Waals surface area contributed by atoms with Crippen LogP contribution in [0.25, 0.3) is 22.0 Å². The molecule has 0 aliphatic carbocycles. The molecule has 0 spiro atoms. The minimum absolute atomic E-state index is 0.0387. The van der Waals surface area contributed by atoms with Gasteiger partial charge in [-0.3, -0.25) is 4.79 Å². The Morgan fingerprint density at radius 1 is 0.857 bits per heavy atom. The predicted molar refractivity (Wildman–Crippen MR) is 115 cm³/mol. The summed E-state index contributed by atoms with van der Waals surface area (Å²) in [7, 11) is 2.07. The van der Waals surface area contributed by atoms with Crippen LogP contribution in [0.1, 0.15) is 16.8 Å². The number of carbonyl (C=O) groups is 1. The molecule has 1 aromatic heterocycles. The molecule has 28 heavy (non-hydrogen) atoms. The van der Waals surface area contributed by atoms with E-state index in [1.807, 2.05) is 30.3 Å². The van der Waals surface area contributed by atoms with E-state index in [0.717, 1.165) is 16.7 Å². The highest BCUT2D eigenvalue weighted by Crippen LogP contribution is 2.20. The van der Waals surface area contributed by atoms with Crippen molar-refractivity contribution in [3.8, 4) is 11.1 Å². The highest BCUT2D eigenvalue weighted by Gasteiger charge is 2.06. The number of fused-ring (bicyclic) bond motifs is 1. The zero-order valence-corrected chi connectivity index (χ0v) is 16.3. The van der Waals surface area contributed by atoms with Crippen molar-refractivity contribution in [2.75, 3.05) is 0 Å². The Bertz CT molecular complexity index is 1110. The van der Waals surface area contributed by atoms with Crippen molar-refractivity contribution in [1.29, 1.82) is 0 Å². The standard InChI is InChI=1S/C25H24N2O/c1-18-14-23-15-20(10-13-24(23)27(18)2)17-26-25(28)16-19-8-11-22(12-9-19)21-6-4-3-5-7-21/h3-15H,16-17H2,1-2H3,(H,26,28). The highest BCUT2D eigenvalue weighted by atomic mass is 16.1. The van der Waals surface area contributed by atoms with Crippen molar-refractivity contribution >= 4 is 16.8 Å². The third-order valence-electron chi connectivity index (χ3n) is 5.26. The Hall–Kier alpha value is -3.33. The minimum Gasteiger partial charge on any atom is -0.352 e. The maximum absolute atomic E-state index is 12.3. The number of nitrogens with one attached hydrogen (secondary N) is 1. The quantitative estimate of drug-likeness (QED) is 0.528. The van der Waals surface area contributed by atoms with Crippen molar-refractivity contribution in [2.24, 2.45) is 7.05 Å². The van der Waals surface area contributed by atoms with E-state index in [1.54, 1.807) is 0 Å². The summed E-state index contributed by atoms with van der Waals surface area (Å²) in [6.07, 6.45) is 0.391. The van der Waals surface area contributed by atoms with E-state index in [1.165, 1.54) is 22.2 Å². The van der Waals surface area contributed by atoms with Gasteiger partial charge < -0.3 is 9.88 Å². The number of carbonyl (C=O) groups excluding carboxylic acids is 1. The summed E-state index contributed by atoms with van der Waals surface area (Å²) in [5.74, 6) is 0.0387. The molecule has 0 unspecified atom stereocenters. The van der Waals surface area contributed by atoms with Crippen LogP contribution >= 0.6 is 0 Å². The lowest BCUT2D eigenvalue weighted by atomic mass is 10.0. The summed E-state index contributed by atoms with van der Waals surface area (Å²) in [5.41, 5.74) is 6.93. The average molecular weight is 368 g/mol. The monoisotopic (exact) mass is 368 g/mol. The van der Waals surface area contributed by atoms with Gasteiger partial charge in [0.1, 0.15) is 0 Å². The summed E-state index contributed by atoms with van der Waals surface area (Å²) in [6.45, 7) is 2.65. The number of benzene rings is 3. The number of hydrogen-bond donors (Lipinski definition) is 1. The van der Waals surface area contributed by atoms with Crippen LogP contribution in [-0.2, 0) is 24.8 Å². The van der Waals surface area contributed by atoms with Gasteiger partial charge in [0.15, 0.2) is 0 Å². The topological polar surface area (TPSA) is 34.0 Å². The summed E-state index contributed by atoms with van der Waals surface area (Å²) < 4.78 is 2.18.